The Morgan fingerprint density at radius 3 is 3.16 bits per heavy atom. The van der Waals surface area contributed by atoms with Crippen LogP contribution in [0.4, 0.5) is 5.69 Å². The normalized spacial score (nSPS) is 21.3. The van der Waals surface area contributed by atoms with Crippen LogP contribution in [0.1, 0.15) is 24.0 Å². The molecule has 0 fully saturated rings. The molecule has 2 aliphatic heterocycles. The second-order valence-electron chi connectivity index (χ2n) is 5.55. The maximum Gasteiger partial charge on any atom is 0.303 e. The average Bonchev–Trinajstić information content (AvgIpc) is 2.37. The maximum absolute atomic E-state index is 10.9. The van der Waals surface area contributed by atoms with E-state index in [0.29, 0.717) is 6.61 Å². The third-order valence-electron chi connectivity index (χ3n) is 4.08. The number of ether oxygens (including phenoxy) is 1. The summed E-state index contributed by atoms with van der Waals surface area (Å²) in [5.41, 5.74) is 3.85. The Labute approximate surface area is 113 Å². The van der Waals surface area contributed by atoms with E-state index < -0.39 is 5.97 Å². The molecule has 1 aromatic carbocycles. The zero-order valence-electron chi connectivity index (χ0n) is 11.2. The number of carboxylic acids is 1. The highest BCUT2D eigenvalue weighted by Crippen LogP contribution is 2.40. The number of benzene rings is 1. The van der Waals surface area contributed by atoms with E-state index in [1.54, 1.807) is 0 Å². The highest BCUT2D eigenvalue weighted by Gasteiger charge is 2.28. The van der Waals surface area contributed by atoms with Crippen molar-refractivity contribution in [3.05, 3.63) is 23.3 Å². The Balaban J connectivity index is 1.95. The topological polar surface area (TPSA) is 49.8 Å². The van der Waals surface area contributed by atoms with Crippen molar-refractivity contribution in [2.24, 2.45) is 5.92 Å². The van der Waals surface area contributed by atoms with Gasteiger partial charge in [0.15, 0.2) is 0 Å². The Hall–Kier alpha value is -1.71. The molecule has 1 unspecified atom stereocenters. The first-order valence-electron chi connectivity index (χ1n) is 6.85. The minimum Gasteiger partial charge on any atom is -0.493 e. The molecule has 19 heavy (non-hydrogen) atoms. The largest absolute Gasteiger partial charge is 0.493 e. The Morgan fingerprint density at radius 2 is 2.37 bits per heavy atom. The molecule has 1 aromatic rings. The van der Waals surface area contributed by atoms with Crippen LogP contribution in [0.15, 0.2) is 12.1 Å². The number of fused-ring (bicyclic) bond motifs is 3. The molecule has 0 radical (unpaired) electrons. The molecule has 4 heteroatoms. The third-order valence-corrected chi connectivity index (χ3v) is 4.08. The highest BCUT2D eigenvalue weighted by molar-refractivity contribution is 5.69. The second-order valence-corrected chi connectivity index (χ2v) is 5.55. The van der Waals surface area contributed by atoms with Crippen molar-refractivity contribution in [3.8, 4) is 5.75 Å². The van der Waals surface area contributed by atoms with E-state index in [0.717, 1.165) is 25.1 Å². The first-order valence-corrected chi connectivity index (χ1v) is 6.85. The molecule has 0 spiro atoms. The summed E-state index contributed by atoms with van der Waals surface area (Å²) in [5, 5.41) is 8.94. The lowest BCUT2D eigenvalue weighted by Gasteiger charge is -2.34. The summed E-state index contributed by atoms with van der Waals surface area (Å²) in [6.07, 6.45) is 3.29. The number of carbonyl (C=O) groups is 1. The summed E-state index contributed by atoms with van der Waals surface area (Å²) in [6.45, 7) is 1.58. The van der Waals surface area contributed by atoms with Gasteiger partial charge in [-0.2, -0.15) is 0 Å². The van der Waals surface area contributed by atoms with Crippen LogP contribution in [0.2, 0.25) is 0 Å². The number of carboxylic acid groups (broad SMARTS) is 1. The van der Waals surface area contributed by atoms with Crippen LogP contribution in [0.5, 0.6) is 5.75 Å². The molecule has 1 N–H and O–H groups in total. The van der Waals surface area contributed by atoms with E-state index in [4.69, 9.17) is 9.84 Å². The van der Waals surface area contributed by atoms with E-state index in [2.05, 4.69) is 18.0 Å². The van der Waals surface area contributed by atoms with Crippen LogP contribution in [0, 0.1) is 5.92 Å². The minimum absolute atomic E-state index is 0.0897. The smallest absolute Gasteiger partial charge is 0.303 e. The molecule has 4 nitrogen and oxygen atoms in total. The van der Waals surface area contributed by atoms with Gasteiger partial charge in [0.1, 0.15) is 5.75 Å². The summed E-state index contributed by atoms with van der Waals surface area (Å²) < 4.78 is 5.76. The van der Waals surface area contributed by atoms with Gasteiger partial charge in [-0.1, -0.05) is 6.07 Å². The van der Waals surface area contributed by atoms with Gasteiger partial charge in [0, 0.05) is 30.8 Å². The molecule has 0 amide bonds. The van der Waals surface area contributed by atoms with Crippen molar-refractivity contribution in [2.45, 2.75) is 25.7 Å². The molecule has 2 heterocycles. The molecule has 102 valence electrons. The van der Waals surface area contributed by atoms with E-state index >= 15 is 0 Å². The van der Waals surface area contributed by atoms with Crippen molar-refractivity contribution in [3.63, 3.8) is 0 Å². The van der Waals surface area contributed by atoms with Crippen LogP contribution in [-0.4, -0.2) is 31.3 Å². The molecule has 0 saturated carbocycles. The number of anilines is 1. The Kier molecular flexibility index (Phi) is 3.09. The Bertz CT molecular complexity index is 512. The standard InChI is InChI=1S/C15H19NO3/c1-16-6-2-3-11-4-5-13-12(15(11)16)7-10(9-19-13)8-14(17)18/h4-5,10H,2-3,6-9H2,1H3,(H,17,18). The van der Waals surface area contributed by atoms with E-state index in [1.165, 1.54) is 23.2 Å². The maximum atomic E-state index is 10.9. The molecule has 0 bridgehead atoms. The lowest BCUT2D eigenvalue weighted by molar-refractivity contribution is -0.138. The van der Waals surface area contributed by atoms with Crippen LogP contribution in [-0.2, 0) is 17.6 Å². The molecule has 2 aliphatic rings. The zero-order valence-corrected chi connectivity index (χ0v) is 11.2. The molecule has 0 aromatic heterocycles. The van der Waals surface area contributed by atoms with E-state index in [-0.39, 0.29) is 12.3 Å². The number of aliphatic carboxylic acids is 1. The van der Waals surface area contributed by atoms with E-state index in [9.17, 15) is 4.79 Å². The molecule has 0 saturated heterocycles. The lowest BCUT2D eigenvalue weighted by atomic mass is 9.89. The number of rotatable bonds is 2. The third kappa shape index (κ3) is 2.27. The van der Waals surface area contributed by atoms with Gasteiger partial charge in [-0.25, -0.2) is 0 Å². The average molecular weight is 261 g/mol. The SMILES string of the molecule is CN1CCCc2ccc3c(c21)CC(CC(=O)O)CO3. The molecular formula is C15H19NO3. The minimum atomic E-state index is -0.741. The Morgan fingerprint density at radius 1 is 1.53 bits per heavy atom. The van der Waals surface area contributed by atoms with E-state index in [1.807, 2.05) is 6.07 Å². The number of nitrogens with zero attached hydrogens (tertiary/aromatic N) is 1. The summed E-state index contributed by atoms with van der Waals surface area (Å²) in [5.74, 6) is 0.288. The van der Waals surface area contributed by atoms with Crippen LogP contribution < -0.4 is 9.64 Å². The fourth-order valence-electron chi connectivity index (χ4n) is 3.23. The van der Waals surface area contributed by atoms with Crippen molar-refractivity contribution >= 4 is 11.7 Å². The first kappa shape index (κ1) is 12.3. The number of hydrogen-bond donors (Lipinski definition) is 1. The number of hydrogen-bond acceptors (Lipinski definition) is 3. The van der Waals surface area contributed by atoms with Crippen molar-refractivity contribution in [1.82, 2.24) is 0 Å². The van der Waals surface area contributed by atoms with Crippen molar-refractivity contribution < 1.29 is 14.6 Å². The van der Waals surface area contributed by atoms with Gasteiger partial charge in [0.25, 0.3) is 0 Å². The lowest BCUT2D eigenvalue weighted by Crippen LogP contribution is -2.30. The summed E-state index contributed by atoms with van der Waals surface area (Å²) in [7, 11) is 2.11. The molecule has 0 aliphatic carbocycles. The fourth-order valence-corrected chi connectivity index (χ4v) is 3.23. The monoisotopic (exact) mass is 261 g/mol. The van der Waals surface area contributed by atoms with Gasteiger partial charge in [0.05, 0.1) is 13.0 Å². The van der Waals surface area contributed by atoms with Crippen molar-refractivity contribution in [1.29, 1.82) is 0 Å². The van der Waals surface area contributed by atoms with Crippen molar-refractivity contribution in [2.75, 3.05) is 25.1 Å². The molecule has 1 atom stereocenters. The van der Waals surface area contributed by atoms with Crippen LogP contribution in [0.3, 0.4) is 0 Å². The summed E-state index contributed by atoms with van der Waals surface area (Å²) >= 11 is 0. The highest BCUT2D eigenvalue weighted by atomic mass is 16.5. The van der Waals surface area contributed by atoms with Crippen LogP contribution in [0.25, 0.3) is 0 Å². The second kappa shape index (κ2) is 4.76. The van der Waals surface area contributed by atoms with Gasteiger partial charge >= 0.3 is 5.97 Å². The van der Waals surface area contributed by atoms with Gasteiger partial charge < -0.3 is 14.7 Å². The molecule has 3 rings (SSSR count). The first-order chi connectivity index (χ1) is 9.15. The van der Waals surface area contributed by atoms with Gasteiger partial charge in [-0.15, -0.1) is 0 Å². The summed E-state index contributed by atoms with van der Waals surface area (Å²) in [6, 6.07) is 4.20. The predicted molar refractivity (Wildman–Crippen MR) is 73.0 cm³/mol. The molecular weight excluding hydrogens is 242 g/mol. The van der Waals surface area contributed by atoms with Gasteiger partial charge in [0.2, 0.25) is 0 Å². The zero-order chi connectivity index (χ0) is 13.4. The quantitative estimate of drug-likeness (QED) is 0.885. The van der Waals surface area contributed by atoms with Gasteiger partial charge in [-0.05, 0) is 30.9 Å². The predicted octanol–water partition coefficient (Wildman–Crippen LogP) is 2.09. The number of aryl methyl sites for hydroxylation is 1. The van der Waals surface area contributed by atoms with Gasteiger partial charge in [-0.3, -0.25) is 4.79 Å². The summed E-state index contributed by atoms with van der Waals surface area (Å²) in [4.78, 5) is 13.1. The fraction of sp³-hybridized carbons (Fsp3) is 0.533. The van der Waals surface area contributed by atoms with Crippen LogP contribution >= 0.6 is 0 Å².